The highest BCUT2D eigenvalue weighted by atomic mass is 16.5. The van der Waals surface area contributed by atoms with Crippen molar-refractivity contribution >= 4 is 11.6 Å². The zero-order chi connectivity index (χ0) is 13.7. The number of hydrogen-bond donors (Lipinski definition) is 0. The third-order valence-electron chi connectivity index (χ3n) is 3.24. The van der Waals surface area contributed by atoms with Crippen LogP contribution < -0.4 is 0 Å². The summed E-state index contributed by atoms with van der Waals surface area (Å²) >= 11 is 0. The maximum absolute atomic E-state index is 12.3. The maximum atomic E-state index is 12.3. The number of carbonyl (C=O) groups excluding carboxylic acids is 1. The summed E-state index contributed by atoms with van der Waals surface area (Å²) in [6, 6.07) is 7.33. The first-order valence-electron chi connectivity index (χ1n) is 6.05. The molecule has 0 radical (unpaired) electrons. The highest BCUT2D eigenvalue weighted by Crippen LogP contribution is 2.33. The molecule has 98 valence electrons. The van der Waals surface area contributed by atoms with E-state index in [-0.39, 0.29) is 12.4 Å². The first-order valence-corrected chi connectivity index (χ1v) is 6.05. The molecule has 0 spiro atoms. The smallest absolute Gasteiger partial charge is 0.272 e. The number of carbonyl (C=O) groups is 1. The number of benzene rings is 1. The SMILES string of the molecule is COCc1nnc2nc3c(nn12)C(=O)c1ccccc1-3. The van der Waals surface area contributed by atoms with Crippen molar-refractivity contribution in [2.75, 3.05) is 7.11 Å². The second-order valence-electron chi connectivity index (χ2n) is 4.44. The first-order chi connectivity index (χ1) is 9.79. The Morgan fingerprint density at radius 2 is 1.95 bits per heavy atom. The van der Waals surface area contributed by atoms with E-state index in [1.165, 1.54) is 4.52 Å². The van der Waals surface area contributed by atoms with Crippen LogP contribution in [0.2, 0.25) is 0 Å². The fourth-order valence-corrected chi connectivity index (χ4v) is 2.35. The Morgan fingerprint density at radius 3 is 2.75 bits per heavy atom. The van der Waals surface area contributed by atoms with Gasteiger partial charge < -0.3 is 4.74 Å². The van der Waals surface area contributed by atoms with Crippen molar-refractivity contribution in [3.05, 3.63) is 41.3 Å². The lowest BCUT2D eigenvalue weighted by Gasteiger charge is -2.00. The van der Waals surface area contributed by atoms with Crippen molar-refractivity contribution in [2.24, 2.45) is 0 Å². The third kappa shape index (κ3) is 1.35. The lowest BCUT2D eigenvalue weighted by Crippen LogP contribution is -2.08. The van der Waals surface area contributed by atoms with Gasteiger partial charge in [0.2, 0.25) is 5.78 Å². The Bertz CT molecular complexity index is 855. The third-order valence-corrected chi connectivity index (χ3v) is 3.24. The monoisotopic (exact) mass is 267 g/mol. The van der Waals surface area contributed by atoms with Crippen LogP contribution in [0.4, 0.5) is 0 Å². The molecule has 0 N–H and O–H groups in total. The van der Waals surface area contributed by atoms with Crippen molar-refractivity contribution in [1.82, 2.24) is 24.8 Å². The van der Waals surface area contributed by atoms with E-state index in [1.54, 1.807) is 13.2 Å². The molecule has 0 aliphatic heterocycles. The van der Waals surface area contributed by atoms with E-state index in [4.69, 9.17) is 4.74 Å². The molecule has 4 rings (SSSR count). The zero-order valence-electron chi connectivity index (χ0n) is 10.6. The van der Waals surface area contributed by atoms with Gasteiger partial charge in [0.15, 0.2) is 11.5 Å². The number of fused-ring (bicyclic) bond motifs is 4. The summed E-state index contributed by atoms with van der Waals surface area (Å²) < 4.78 is 6.48. The van der Waals surface area contributed by atoms with Crippen molar-refractivity contribution in [2.45, 2.75) is 6.61 Å². The summed E-state index contributed by atoms with van der Waals surface area (Å²) in [7, 11) is 1.56. The van der Waals surface area contributed by atoms with Crippen LogP contribution >= 0.6 is 0 Å². The van der Waals surface area contributed by atoms with E-state index in [0.717, 1.165) is 5.56 Å². The number of rotatable bonds is 2. The summed E-state index contributed by atoms with van der Waals surface area (Å²) in [5, 5.41) is 12.2. The van der Waals surface area contributed by atoms with Crippen LogP contribution in [-0.2, 0) is 11.3 Å². The van der Waals surface area contributed by atoms with Gasteiger partial charge in [0.05, 0.1) is 0 Å². The number of ether oxygens (including phenoxy) is 1. The maximum Gasteiger partial charge on any atom is 0.272 e. The molecule has 1 aliphatic carbocycles. The molecule has 0 unspecified atom stereocenters. The van der Waals surface area contributed by atoms with Gasteiger partial charge in [-0.25, -0.2) is 4.98 Å². The second-order valence-corrected chi connectivity index (χ2v) is 4.44. The minimum absolute atomic E-state index is 0.123. The van der Waals surface area contributed by atoms with Gasteiger partial charge in [-0.3, -0.25) is 4.79 Å². The summed E-state index contributed by atoms with van der Waals surface area (Å²) in [6.07, 6.45) is 0. The standard InChI is InChI=1S/C13H9N5O2/c1-20-6-9-15-16-13-14-10-7-4-2-3-5-8(7)12(19)11(10)17-18(9)13/h2-5H,6H2,1H3. The Labute approximate surface area is 113 Å². The van der Waals surface area contributed by atoms with E-state index in [0.29, 0.717) is 28.6 Å². The predicted octanol–water partition coefficient (Wildman–Crippen LogP) is 0.877. The first kappa shape index (κ1) is 11.2. The number of ketones is 1. The Kier molecular flexibility index (Phi) is 2.19. The lowest BCUT2D eigenvalue weighted by atomic mass is 10.1. The Morgan fingerprint density at radius 1 is 1.15 bits per heavy atom. The minimum Gasteiger partial charge on any atom is -0.377 e. The predicted molar refractivity (Wildman–Crippen MR) is 68.2 cm³/mol. The van der Waals surface area contributed by atoms with Crippen LogP contribution in [0.5, 0.6) is 0 Å². The van der Waals surface area contributed by atoms with Crippen molar-refractivity contribution in [3.8, 4) is 11.3 Å². The quantitative estimate of drug-likeness (QED) is 0.536. The molecule has 0 amide bonds. The molecule has 3 aromatic rings. The minimum atomic E-state index is -0.123. The highest BCUT2D eigenvalue weighted by Gasteiger charge is 2.30. The molecule has 0 saturated heterocycles. The number of methoxy groups -OCH3 is 1. The van der Waals surface area contributed by atoms with Gasteiger partial charge in [-0.15, -0.1) is 10.2 Å². The molecule has 2 heterocycles. The van der Waals surface area contributed by atoms with Gasteiger partial charge in [0.25, 0.3) is 5.78 Å². The van der Waals surface area contributed by atoms with Crippen molar-refractivity contribution < 1.29 is 9.53 Å². The molecule has 1 aromatic carbocycles. The molecule has 1 aliphatic rings. The van der Waals surface area contributed by atoms with Gasteiger partial charge in [-0.2, -0.15) is 9.61 Å². The molecular weight excluding hydrogens is 258 g/mol. The average Bonchev–Trinajstić information content (AvgIpc) is 2.99. The number of hydrogen-bond acceptors (Lipinski definition) is 6. The van der Waals surface area contributed by atoms with Gasteiger partial charge >= 0.3 is 0 Å². The van der Waals surface area contributed by atoms with E-state index in [9.17, 15) is 4.79 Å². The fraction of sp³-hybridized carbons (Fsp3) is 0.154. The second kappa shape index (κ2) is 3.91. The topological polar surface area (TPSA) is 82.3 Å². The van der Waals surface area contributed by atoms with Gasteiger partial charge in [-0.1, -0.05) is 24.3 Å². The van der Waals surface area contributed by atoms with Crippen LogP contribution in [0.25, 0.3) is 17.0 Å². The average molecular weight is 267 g/mol. The number of nitrogens with zero attached hydrogens (tertiary/aromatic N) is 5. The van der Waals surface area contributed by atoms with Crippen LogP contribution in [0.3, 0.4) is 0 Å². The number of aromatic nitrogens is 5. The highest BCUT2D eigenvalue weighted by molar-refractivity contribution is 6.19. The summed E-state index contributed by atoms with van der Waals surface area (Å²) in [4.78, 5) is 16.7. The molecular formula is C13H9N5O2. The molecule has 0 fully saturated rings. The molecule has 0 atom stereocenters. The molecule has 0 saturated carbocycles. The molecule has 2 aromatic heterocycles. The molecule has 7 nitrogen and oxygen atoms in total. The summed E-state index contributed by atoms with van der Waals surface area (Å²) in [5.41, 5.74) is 2.31. The Hall–Kier alpha value is -2.67. The van der Waals surface area contributed by atoms with Gasteiger partial charge in [0, 0.05) is 18.2 Å². The van der Waals surface area contributed by atoms with Gasteiger partial charge in [0.1, 0.15) is 12.3 Å². The van der Waals surface area contributed by atoms with Crippen LogP contribution in [0, 0.1) is 0 Å². The Balaban J connectivity index is 2.01. The molecule has 7 heteroatoms. The van der Waals surface area contributed by atoms with Crippen molar-refractivity contribution in [3.63, 3.8) is 0 Å². The van der Waals surface area contributed by atoms with Crippen molar-refractivity contribution in [1.29, 1.82) is 0 Å². The molecule has 0 bridgehead atoms. The zero-order valence-corrected chi connectivity index (χ0v) is 10.6. The van der Waals surface area contributed by atoms with Crippen LogP contribution in [-0.4, -0.2) is 37.7 Å². The van der Waals surface area contributed by atoms with E-state index in [2.05, 4.69) is 20.3 Å². The summed E-state index contributed by atoms with van der Waals surface area (Å²) in [5.74, 6) is 0.754. The molecule has 20 heavy (non-hydrogen) atoms. The van der Waals surface area contributed by atoms with Gasteiger partial charge in [-0.05, 0) is 0 Å². The van der Waals surface area contributed by atoms with E-state index >= 15 is 0 Å². The van der Waals surface area contributed by atoms with E-state index < -0.39 is 0 Å². The van der Waals surface area contributed by atoms with Crippen LogP contribution in [0.15, 0.2) is 24.3 Å². The normalized spacial score (nSPS) is 12.8. The summed E-state index contributed by atoms with van der Waals surface area (Å²) in [6.45, 7) is 0.260. The van der Waals surface area contributed by atoms with Crippen LogP contribution in [0.1, 0.15) is 21.9 Å². The van der Waals surface area contributed by atoms with E-state index in [1.807, 2.05) is 18.2 Å². The fourth-order valence-electron chi connectivity index (χ4n) is 2.35. The largest absolute Gasteiger partial charge is 0.377 e. The lowest BCUT2D eigenvalue weighted by molar-refractivity contribution is 0.103.